The molecule has 1 aliphatic carbocycles. The molecule has 154 valence electrons. The van der Waals surface area contributed by atoms with Gasteiger partial charge in [-0.1, -0.05) is 65.7 Å². The van der Waals surface area contributed by atoms with Crippen LogP contribution < -0.4 is 9.47 Å². The van der Waals surface area contributed by atoms with E-state index in [0.717, 1.165) is 40.5 Å². The highest BCUT2D eigenvalue weighted by Gasteiger charge is 2.26. The molecular formula is C29H26O2. The molecule has 2 heteroatoms. The Kier molecular flexibility index (Phi) is 4.78. The fourth-order valence-electron chi connectivity index (χ4n) is 4.41. The zero-order valence-corrected chi connectivity index (χ0v) is 18.5. The highest BCUT2D eigenvalue weighted by molar-refractivity contribution is 5.81. The molecule has 4 aromatic carbocycles. The molecular weight excluding hydrogens is 380 g/mol. The van der Waals surface area contributed by atoms with Crippen LogP contribution in [0.15, 0.2) is 72.8 Å². The van der Waals surface area contributed by atoms with Gasteiger partial charge in [0.1, 0.15) is 11.5 Å². The van der Waals surface area contributed by atoms with Gasteiger partial charge in [-0.3, -0.25) is 0 Å². The third kappa shape index (κ3) is 3.59. The first kappa shape index (κ1) is 19.4. The quantitative estimate of drug-likeness (QED) is 0.300. The third-order valence-corrected chi connectivity index (χ3v) is 5.99. The number of hydrogen-bond acceptors (Lipinski definition) is 2. The van der Waals surface area contributed by atoms with Crippen molar-refractivity contribution in [3.05, 3.63) is 106 Å². The Morgan fingerprint density at radius 3 is 1.87 bits per heavy atom. The minimum atomic E-state index is 0.749. The lowest BCUT2D eigenvalue weighted by atomic mass is 10.0. The maximum Gasteiger partial charge on any atom is 0.174 e. The van der Waals surface area contributed by atoms with Crippen LogP contribution in [-0.2, 0) is 6.42 Å². The van der Waals surface area contributed by atoms with Crippen LogP contribution in [0.4, 0.5) is 0 Å². The van der Waals surface area contributed by atoms with E-state index in [1.165, 1.54) is 33.4 Å². The SMILES string of the molecule is Cc1ccc(Oc2ccc3c(c2Oc2ccc(C)cc2C)Cc2ccccc2-3)c(C)c1. The molecule has 1 aliphatic rings. The summed E-state index contributed by atoms with van der Waals surface area (Å²) in [6, 6.07) is 25.3. The second kappa shape index (κ2) is 7.63. The van der Waals surface area contributed by atoms with E-state index in [1.54, 1.807) is 0 Å². The second-order valence-corrected chi connectivity index (χ2v) is 8.49. The van der Waals surface area contributed by atoms with Gasteiger partial charge in [-0.2, -0.15) is 0 Å². The second-order valence-electron chi connectivity index (χ2n) is 8.49. The predicted octanol–water partition coefficient (Wildman–Crippen LogP) is 8.08. The van der Waals surface area contributed by atoms with Crippen LogP contribution >= 0.6 is 0 Å². The Balaban J connectivity index is 1.63. The molecule has 5 rings (SSSR count). The lowest BCUT2D eigenvalue weighted by molar-refractivity contribution is 0.413. The van der Waals surface area contributed by atoms with Gasteiger partial charge in [0.25, 0.3) is 0 Å². The summed E-state index contributed by atoms with van der Waals surface area (Å²) in [7, 11) is 0. The van der Waals surface area contributed by atoms with E-state index in [1.807, 2.05) is 18.2 Å². The van der Waals surface area contributed by atoms with Crippen molar-refractivity contribution in [3.8, 4) is 34.1 Å². The standard InChI is InChI=1S/C29H26O2/c1-18-9-12-26(20(3)15-18)30-28-14-11-24-23-8-6-5-7-22(23)17-25(24)29(28)31-27-13-10-19(2)16-21(27)4/h5-16H,17H2,1-4H3. The van der Waals surface area contributed by atoms with Crippen LogP contribution in [0.5, 0.6) is 23.0 Å². The van der Waals surface area contributed by atoms with Gasteiger partial charge in [0, 0.05) is 12.0 Å². The lowest BCUT2D eigenvalue weighted by Crippen LogP contribution is -1.97. The van der Waals surface area contributed by atoms with Crippen LogP contribution in [0.3, 0.4) is 0 Å². The first-order valence-electron chi connectivity index (χ1n) is 10.7. The van der Waals surface area contributed by atoms with Gasteiger partial charge in [-0.25, -0.2) is 0 Å². The first-order chi connectivity index (χ1) is 15.0. The van der Waals surface area contributed by atoms with E-state index < -0.39 is 0 Å². The minimum absolute atomic E-state index is 0.749. The molecule has 0 fully saturated rings. The molecule has 0 radical (unpaired) electrons. The number of hydrogen-bond donors (Lipinski definition) is 0. The van der Waals surface area contributed by atoms with E-state index in [4.69, 9.17) is 9.47 Å². The molecule has 0 unspecified atom stereocenters. The van der Waals surface area contributed by atoms with Crippen LogP contribution in [0.2, 0.25) is 0 Å². The van der Waals surface area contributed by atoms with Crippen molar-refractivity contribution in [2.45, 2.75) is 34.1 Å². The summed E-state index contributed by atoms with van der Waals surface area (Å²) in [5, 5.41) is 0. The van der Waals surface area contributed by atoms with Crippen LogP contribution in [0, 0.1) is 27.7 Å². The van der Waals surface area contributed by atoms with Crippen molar-refractivity contribution >= 4 is 0 Å². The van der Waals surface area contributed by atoms with E-state index >= 15 is 0 Å². The minimum Gasteiger partial charge on any atom is -0.453 e. The van der Waals surface area contributed by atoms with Crippen molar-refractivity contribution in [2.75, 3.05) is 0 Å². The van der Waals surface area contributed by atoms with Crippen molar-refractivity contribution in [3.63, 3.8) is 0 Å². The Labute approximate surface area is 184 Å². The van der Waals surface area contributed by atoms with Gasteiger partial charge < -0.3 is 9.47 Å². The summed E-state index contributed by atoms with van der Waals surface area (Å²) < 4.78 is 13.0. The predicted molar refractivity (Wildman–Crippen MR) is 127 cm³/mol. The maximum absolute atomic E-state index is 6.58. The van der Waals surface area contributed by atoms with Gasteiger partial charge in [-0.05, 0) is 73.7 Å². The lowest BCUT2D eigenvalue weighted by Gasteiger charge is -2.18. The Morgan fingerprint density at radius 2 is 1.19 bits per heavy atom. The summed E-state index contributed by atoms with van der Waals surface area (Å²) in [6.45, 7) is 8.36. The summed E-state index contributed by atoms with van der Waals surface area (Å²) in [4.78, 5) is 0. The highest BCUT2D eigenvalue weighted by Crippen LogP contribution is 2.48. The summed E-state index contributed by atoms with van der Waals surface area (Å²) in [6.07, 6.45) is 0.843. The maximum atomic E-state index is 6.58. The molecule has 0 bridgehead atoms. The molecule has 0 amide bonds. The summed E-state index contributed by atoms with van der Waals surface area (Å²) in [5.41, 5.74) is 9.69. The topological polar surface area (TPSA) is 18.5 Å². The number of aryl methyl sites for hydroxylation is 4. The average Bonchev–Trinajstić information content (AvgIpc) is 3.12. The number of benzene rings is 4. The van der Waals surface area contributed by atoms with Crippen molar-refractivity contribution in [1.82, 2.24) is 0 Å². The molecule has 0 aromatic heterocycles. The molecule has 4 aromatic rings. The van der Waals surface area contributed by atoms with Gasteiger partial charge in [0.05, 0.1) is 0 Å². The van der Waals surface area contributed by atoms with Crippen LogP contribution in [0.25, 0.3) is 11.1 Å². The largest absolute Gasteiger partial charge is 0.453 e. The van der Waals surface area contributed by atoms with Gasteiger partial charge in [0.2, 0.25) is 0 Å². The number of fused-ring (bicyclic) bond motifs is 3. The smallest absolute Gasteiger partial charge is 0.174 e. The molecule has 0 spiro atoms. The molecule has 2 nitrogen and oxygen atoms in total. The fourth-order valence-corrected chi connectivity index (χ4v) is 4.41. The molecule has 0 atom stereocenters. The molecule has 0 saturated heterocycles. The van der Waals surface area contributed by atoms with Crippen LogP contribution in [0.1, 0.15) is 33.4 Å². The third-order valence-electron chi connectivity index (χ3n) is 5.99. The first-order valence-corrected chi connectivity index (χ1v) is 10.7. The van der Waals surface area contributed by atoms with Crippen LogP contribution in [-0.4, -0.2) is 0 Å². The Hall–Kier alpha value is -3.52. The monoisotopic (exact) mass is 406 g/mol. The summed E-state index contributed by atoms with van der Waals surface area (Å²) >= 11 is 0. The molecule has 31 heavy (non-hydrogen) atoms. The zero-order valence-electron chi connectivity index (χ0n) is 18.5. The van der Waals surface area contributed by atoms with Gasteiger partial charge >= 0.3 is 0 Å². The van der Waals surface area contributed by atoms with E-state index in [0.29, 0.717) is 0 Å². The Morgan fingerprint density at radius 1 is 0.581 bits per heavy atom. The molecule has 0 aliphatic heterocycles. The normalized spacial score (nSPS) is 11.7. The number of rotatable bonds is 4. The van der Waals surface area contributed by atoms with E-state index in [9.17, 15) is 0 Å². The van der Waals surface area contributed by atoms with E-state index in [2.05, 4.69) is 82.3 Å². The van der Waals surface area contributed by atoms with Crippen molar-refractivity contribution in [1.29, 1.82) is 0 Å². The molecule has 0 N–H and O–H groups in total. The van der Waals surface area contributed by atoms with E-state index in [-0.39, 0.29) is 0 Å². The van der Waals surface area contributed by atoms with Crippen molar-refractivity contribution < 1.29 is 9.47 Å². The summed E-state index contributed by atoms with van der Waals surface area (Å²) in [5.74, 6) is 3.27. The molecule has 0 heterocycles. The van der Waals surface area contributed by atoms with Gasteiger partial charge in [0.15, 0.2) is 11.5 Å². The number of ether oxygens (including phenoxy) is 2. The molecule has 0 saturated carbocycles. The Bertz CT molecular complexity index is 1300. The zero-order chi connectivity index (χ0) is 21.5. The highest BCUT2D eigenvalue weighted by atomic mass is 16.5. The van der Waals surface area contributed by atoms with Gasteiger partial charge in [-0.15, -0.1) is 0 Å². The average molecular weight is 407 g/mol. The van der Waals surface area contributed by atoms with Crippen molar-refractivity contribution in [2.24, 2.45) is 0 Å². The fraction of sp³-hybridized carbons (Fsp3) is 0.172.